The van der Waals surface area contributed by atoms with Gasteiger partial charge in [-0.05, 0) is 61.4 Å². The molecule has 8 nitrogen and oxygen atoms in total. The first-order chi connectivity index (χ1) is 19.0. The van der Waals surface area contributed by atoms with Crippen LogP contribution in [0, 0.1) is 0 Å². The van der Waals surface area contributed by atoms with Crippen molar-refractivity contribution in [3.8, 4) is 5.75 Å². The van der Waals surface area contributed by atoms with Gasteiger partial charge in [-0.25, -0.2) is 8.42 Å². The maximum absolute atomic E-state index is 14.0. The Labute approximate surface area is 249 Å². The van der Waals surface area contributed by atoms with Gasteiger partial charge in [0.2, 0.25) is 11.8 Å². The van der Waals surface area contributed by atoms with Crippen LogP contribution in [0.2, 0.25) is 15.1 Å². The van der Waals surface area contributed by atoms with E-state index < -0.39 is 34.4 Å². The predicted octanol–water partition coefficient (Wildman–Crippen LogP) is 5.79. The summed E-state index contributed by atoms with van der Waals surface area (Å²) in [6.45, 7) is 3.18. The fraction of sp³-hybridized carbons (Fsp3) is 0.286. The van der Waals surface area contributed by atoms with Gasteiger partial charge in [0.1, 0.15) is 18.3 Å². The molecule has 1 unspecified atom stereocenters. The van der Waals surface area contributed by atoms with Crippen LogP contribution in [0.5, 0.6) is 5.75 Å². The van der Waals surface area contributed by atoms with E-state index in [1.165, 1.54) is 42.3 Å². The Morgan fingerprint density at radius 2 is 1.62 bits per heavy atom. The van der Waals surface area contributed by atoms with Crippen LogP contribution in [-0.4, -0.2) is 51.4 Å². The third-order valence-corrected chi connectivity index (χ3v) is 8.69. The smallest absolute Gasteiger partial charge is 0.264 e. The standard InChI is InChI=1S/C28H30Cl3N3O5S/c1-4-14-32-28(36)19(2)33(17-20-10-11-21(29)15-24(20)31)27(35)18-34(25-16-22(30)12-13-26(25)39-3)40(37,38)23-8-6-5-7-9-23/h5-13,15-16,19H,4,14,17-18H2,1-3H3,(H,32,36). The third-order valence-electron chi connectivity index (χ3n) is 6.09. The summed E-state index contributed by atoms with van der Waals surface area (Å²) in [6, 6.07) is 16.0. The molecule has 0 aliphatic heterocycles. The number of carbonyl (C=O) groups is 2. The number of anilines is 1. The molecule has 0 spiro atoms. The molecule has 214 valence electrons. The first-order valence-electron chi connectivity index (χ1n) is 12.4. The number of ether oxygens (including phenoxy) is 1. The third kappa shape index (κ3) is 7.60. The largest absolute Gasteiger partial charge is 0.495 e. The number of methoxy groups -OCH3 is 1. The van der Waals surface area contributed by atoms with E-state index in [0.717, 1.165) is 4.31 Å². The molecule has 0 bridgehead atoms. The first kappa shape index (κ1) is 31.5. The van der Waals surface area contributed by atoms with Gasteiger partial charge in [0.05, 0.1) is 17.7 Å². The van der Waals surface area contributed by atoms with Crippen molar-refractivity contribution in [3.63, 3.8) is 0 Å². The molecule has 1 N–H and O–H groups in total. The zero-order chi connectivity index (χ0) is 29.4. The number of nitrogens with zero attached hydrogens (tertiary/aromatic N) is 2. The lowest BCUT2D eigenvalue weighted by atomic mass is 10.1. The summed E-state index contributed by atoms with van der Waals surface area (Å²) >= 11 is 18.7. The number of sulfonamides is 1. The SMILES string of the molecule is CCCNC(=O)C(C)N(Cc1ccc(Cl)cc1Cl)C(=O)CN(c1cc(Cl)ccc1OC)S(=O)(=O)c1ccccc1. The van der Waals surface area contributed by atoms with Gasteiger partial charge in [0.25, 0.3) is 10.0 Å². The highest BCUT2D eigenvalue weighted by Gasteiger charge is 2.34. The van der Waals surface area contributed by atoms with Gasteiger partial charge in [0, 0.05) is 28.2 Å². The molecule has 3 aromatic carbocycles. The Hall–Kier alpha value is -2.98. The second-order valence-electron chi connectivity index (χ2n) is 8.87. The molecule has 0 aromatic heterocycles. The van der Waals surface area contributed by atoms with E-state index in [1.54, 1.807) is 43.3 Å². The molecule has 1 atom stereocenters. The van der Waals surface area contributed by atoms with Crippen LogP contribution in [0.3, 0.4) is 0 Å². The summed E-state index contributed by atoms with van der Waals surface area (Å²) in [5, 5.41) is 3.74. The maximum atomic E-state index is 14.0. The predicted molar refractivity (Wildman–Crippen MR) is 159 cm³/mol. The molecule has 2 amide bonds. The molecule has 0 aliphatic carbocycles. The van der Waals surface area contributed by atoms with E-state index in [2.05, 4.69) is 5.32 Å². The first-order valence-corrected chi connectivity index (χ1v) is 15.0. The fourth-order valence-corrected chi connectivity index (χ4v) is 5.98. The number of halogens is 3. The van der Waals surface area contributed by atoms with Crippen LogP contribution in [0.15, 0.2) is 71.6 Å². The highest BCUT2D eigenvalue weighted by atomic mass is 35.5. The lowest BCUT2D eigenvalue weighted by molar-refractivity contribution is -0.139. The molecule has 0 saturated heterocycles. The minimum atomic E-state index is -4.28. The molecule has 40 heavy (non-hydrogen) atoms. The van der Waals surface area contributed by atoms with Crippen molar-refractivity contribution in [2.24, 2.45) is 0 Å². The zero-order valence-corrected chi connectivity index (χ0v) is 25.3. The highest BCUT2D eigenvalue weighted by molar-refractivity contribution is 7.92. The average molecular weight is 627 g/mol. The van der Waals surface area contributed by atoms with Crippen LogP contribution >= 0.6 is 34.8 Å². The second-order valence-corrected chi connectivity index (χ2v) is 12.0. The number of benzene rings is 3. The Morgan fingerprint density at radius 1 is 0.975 bits per heavy atom. The Morgan fingerprint density at radius 3 is 2.25 bits per heavy atom. The molecule has 0 aliphatic rings. The van der Waals surface area contributed by atoms with E-state index in [1.807, 2.05) is 6.92 Å². The summed E-state index contributed by atoms with van der Waals surface area (Å²) in [7, 11) is -2.89. The normalized spacial score (nSPS) is 11.9. The molecular weight excluding hydrogens is 597 g/mol. The maximum Gasteiger partial charge on any atom is 0.264 e. The number of hydrogen-bond donors (Lipinski definition) is 1. The van der Waals surface area contributed by atoms with Crippen molar-refractivity contribution in [1.82, 2.24) is 10.2 Å². The zero-order valence-electron chi connectivity index (χ0n) is 22.2. The summed E-state index contributed by atoms with van der Waals surface area (Å²) in [6.07, 6.45) is 0.701. The van der Waals surface area contributed by atoms with Gasteiger partial charge in [-0.2, -0.15) is 0 Å². The van der Waals surface area contributed by atoms with Crippen molar-refractivity contribution in [2.45, 2.75) is 37.8 Å². The van der Waals surface area contributed by atoms with Gasteiger partial charge in [-0.15, -0.1) is 0 Å². The Bertz CT molecular complexity index is 1450. The summed E-state index contributed by atoms with van der Waals surface area (Å²) in [4.78, 5) is 28.2. The van der Waals surface area contributed by atoms with E-state index in [9.17, 15) is 18.0 Å². The summed E-state index contributed by atoms with van der Waals surface area (Å²) < 4.78 is 34.2. The van der Waals surface area contributed by atoms with Crippen molar-refractivity contribution < 1.29 is 22.7 Å². The lowest BCUT2D eigenvalue weighted by Gasteiger charge is -2.32. The highest BCUT2D eigenvalue weighted by Crippen LogP contribution is 2.35. The van der Waals surface area contributed by atoms with Crippen LogP contribution in [0.1, 0.15) is 25.8 Å². The molecule has 0 fully saturated rings. The van der Waals surface area contributed by atoms with E-state index in [4.69, 9.17) is 39.5 Å². The summed E-state index contributed by atoms with van der Waals surface area (Å²) in [5.41, 5.74) is 0.604. The Kier molecular flexibility index (Phi) is 11.1. The van der Waals surface area contributed by atoms with E-state index in [-0.39, 0.29) is 27.9 Å². The quantitative estimate of drug-likeness (QED) is 0.274. The van der Waals surface area contributed by atoms with Gasteiger partial charge < -0.3 is 15.0 Å². The van der Waals surface area contributed by atoms with Gasteiger partial charge in [0.15, 0.2) is 0 Å². The van der Waals surface area contributed by atoms with Crippen molar-refractivity contribution in [3.05, 3.63) is 87.4 Å². The number of nitrogens with one attached hydrogen (secondary N) is 1. The number of hydrogen-bond acceptors (Lipinski definition) is 5. The topological polar surface area (TPSA) is 96.0 Å². The number of amides is 2. The fourth-order valence-electron chi connectivity index (χ4n) is 3.90. The van der Waals surface area contributed by atoms with E-state index in [0.29, 0.717) is 28.6 Å². The van der Waals surface area contributed by atoms with Crippen LogP contribution < -0.4 is 14.4 Å². The summed E-state index contributed by atoms with van der Waals surface area (Å²) in [5.74, 6) is -0.845. The molecule has 0 heterocycles. The average Bonchev–Trinajstić information content (AvgIpc) is 2.94. The van der Waals surface area contributed by atoms with Crippen molar-refractivity contribution in [2.75, 3.05) is 24.5 Å². The van der Waals surface area contributed by atoms with Gasteiger partial charge >= 0.3 is 0 Å². The molecule has 0 radical (unpaired) electrons. The molecule has 12 heteroatoms. The molecule has 3 aromatic rings. The molecule has 0 saturated carbocycles. The number of carbonyl (C=O) groups excluding carboxylic acids is 2. The van der Waals surface area contributed by atoms with Crippen molar-refractivity contribution >= 4 is 62.3 Å². The van der Waals surface area contributed by atoms with Crippen LogP contribution in [0.4, 0.5) is 5.69 Å². The lowest BCUT2D eigenvalue weighted by Crippen LogP contribution is -2.51. The minimum absolute atomic E-state index is 0.0362. The molecule has 3 rings (SSSR count). The Balaban J connectivity index is 2.10. The molecular formula is C28H30Cl3N3O5S. The monoisotopic (exact) mass is 625 g/mol. The minimum Gasteiger partial charge on any atom is -0.495 e. The van der Waals surface area contributed by atoms with Gasteiger partial charge in [-0.3, -0.25) is 13.9 Å². The van der Waals surface area contributed by atoms with Crippen LogP contribution in [0.25, 0.3) is 0 Å². The van der Waals surface area contributed by atoms with E-state index >= 15 is 0 Å². The second kappa shape index (κ2) is 14.1. The van der Waals surface area contributed by atoms with Crippen LogP contribution in [-0.2, 0) is 26.2 Å². The van der Waals surface area contributed by atoms with Gasteiger partial charge in [-0.1, -0.05) is 66.0 Å². The van der Waals surface area contributed by atoms with Crippen molar-refractivity contribution in [1.29, 1.82) is 0 Å². The number of rotatable bonds is 12.